The lowest BCUT2D eigenvalue weighted by atomic mass is 9.96. The summed E-state index contributed by atoms with van der Waals surface area (Å²) in [7, 11) is 0. The molecule has 50 heavy (non-hydrogen) atoms. The summed E-state index contributed by atoms with van der Waals surface area (Å²) in [6.07, 6.45) is 10.3. The van der Waals surface area contributed by atoms with E-state index in [9.17, 15) is 0 Å². The van der Waals surface area contributed by atoms with E-state index in [0.29, 0.717) is 0 Å². The molecule has 0 radical (unpaired) electrons. The van der Waals surface area contributed by atoms with Gasteiger partial charge < -0.3 is 9.40 Å². The van der Waals surface area contributed by atoms with E-state index in [4.69, 9.17) is 14.4 Å². The number of furan rings is 1. The molecule has 0 saturated carbocycles. The Labute approximate surface area is 290 Å². The average Bonchev–Trinajstić information content (AvgIpc) is 3.98. The Morgan fingerprint density at radius 1 is 0.440 bits per heavy atom. The number of aromatic amines is 1. The third-order valence-corrected chi connectivity index (χ3v) is 9.47. The van der Waals surface area contributed by atoms with Crippen molar-refractivity contribution >= 4 is 33.7 Å². The molecule has 1 N–H and O–H groups in total. The van der Waals surface area contributed by atoms with Gasteiger partial charge in [-0.15, -0.1) is 0 Å². The van der Waals surface area contributed by atoms with Gasteiger partial charge in [-0.05, 0) is 78.6 Å². The number of aliphatic imine (C=N–C) groups is 2. The highest BCUT2D eigenvalue weighted by atomic mass is 16.3. The van der Waals surface area contributed by atoms with Crippen molar-refractivity contribution in [2.24, 2.45) is 9.98 Å². The number of aromatic nitrogens is 1. The van der Waals surface area contributed by atoms with Gasteiger partial charge in [0.1, 0.15) is 5.76 Å². The maximum absolute atomic E-state index is 6.48. The van der Waals surface area contributed by atoms with Crippen molar-refractivity contribution < 1.29 is 4.42 Å². The molecule has 238 valence electrons. The first-order valence-electron chi connectivity index (χ1n) is 16.9. The maximum atomic E-state index is 6.48. The fourth-order valence-corrected chi connectivity index (χ4v) is 6.98. The molecule has 3 aliphatic rings. The van der Waals surface area contributed by atoms with Crippen LogP contribution >= 0.6 is 0 Å². The molecule has 5 heterocycles. The van der Waals surface area contributed by atoms with Gasteiger partial charge in [0, 0.05) is 33.0 Å². The smallest absolute Gasteiger partial charge is 0.137 e. The SMILES string of the molecule is Cc1ccc(C2=c3ccc([nH]3)=C(c3ccc(C)cc3)C3=NC(=C(c4ccccc4)c4cc(co4)C(c4ccccc4)=C4C=CC2=N4)C=C3)cc1. The normalized spacial score (nSPS) is 15.2. The molecule has 6 aromatic rings. The van der Waals surface area contributed by atoms with Crippen molar-refractivity contribution in [1.29, 1.82) is 0 Å². The molecule has 0 atom stereocenters. The van der Waals surface area contributed by atoms with Gasteiger partial charge in [0.05, 0.1) is 34.7 Å². The molecular weight excluding hydrogens is 611 g/mol. The van der Waals surface area contributed by atoms with Gasteiger partial charge in [-0.3, -0.25) is 0 Å². The molecule has 8 bridgehead atoms. The Bertz CT molecular complexity index is 2420. The third kappa shape index (κ3) is 5.28. The van der Waals surface area contributed by atoms with Crippen LogP contribution in [0.3, 0.4) is 0 Å². The van der Waals surface area contributed by atoms with E-state index in [0.717, 1.165) is 89.4 Å². The third-order valence-electron chi connectivity index (χ3n) is 9.47. The first-order valence-corrected chi connectivity index (χ1v) is 16.9. The fraction of sp³-hybridized carbons (Fsp3) is 0.0435. The van der Waals surface area contributed by atoms with Crippen molar-refractivity contribution in [2.75, 3.05) is 0 Å². The van der Waals surface area contributed by atoms with Gasteiger partial charge in [-0.25, -0.2) is 9.98 Å². The Kier molecular flexibility index (Phi) is 7.21. The zero-order valence-corrected chi connectivity index (χ0v) is 27.8. The summed E-state index contributed by atoms with van der Waals surface area (Å²) in [5, 5.41) is 1.97. The van der Waals surface area contributed by atoms with Gasteiger partial charge in [0.25, 0.3) is 0 Å². The van der Waals surface area contributed by atoms with Crippen LogP contribution in [0.4, 0.5) is 0 Å². The topological polar surface area (TPSA) is 53.6 Å². The van der Waals surface area contributed by atoms with Crippen LogP contribution < -0.4 is 10.7 Å². The van der Waals surface area contributed by atoms with E-state index in [-0.39, 0.29) is 0 Å². The Hall–Kier alpha value is -6.52. The number of nitrogens with zero attached hydrogens (tertiary/aromatic N) is 2. The maximum Gasteiger partial charge on any atom is 0.137 e. The Morgan fingerprint density at radius 3 is 1.42 bits per heavy atom. The molecule has 4 heteroatoms. The predicted molar refractivity (Wildman–Crippen MR) is 204 cm³/mol. The molecule has 0 aliphatic carbocycles. The quantitative estimate of drug-likeness (QED) is 0.205. The van der Waals surface area contributed by atoms with E-state index in [1.165, 1.54) is 11.1 Å². The number of rotatable bonds is 4. The van der Waals surface area contributed by atoms with E-state index in [1.807, 2.05) is 18.4 Å². The highest BCUT2D eigenvalue weighted by molar-refractivity contribution is 6.31. The summed E-state index contributed by atoms with van der Waals surface area (Å²) in [6, 6.07) is 44.6. The summed E-state index contributed by atoms with van der Waals surface area (Å²) in [6.45, 7) is 4.23. The molecule has 3 aliphatic heterocycles. The zero-order valence-electron chi connectivity index (χ0n) is 27.8. The van der Waals surface area contributed by atoms with Crippen LogP contribution in [0.15, 0.2) is 184 Å². The number of fused-ring (bicyclic) bond motifs is 6. The van der Waals surface area contributed by atoms with Gasteiger partial charge in [-0.2, -0.15) is 0 Å². The molecule has 0 fully saturated rings. The van der Waals surface area contributed by atoms with Crippen LogP contribution in [-0.2, 0) is 0 Å². The van der Waals surface area contributed by atoms with Crippen molar-refractivity contribution in [2.45, 2.75) is 13.8 Å². The monoisotopic (exact) mass is 643 g/mol. The minimum atomic E-state index is 0.745. The number of hydrogen-bond acceptors (Lipinski definition) is 3. The predicted octanol–water partition coefficient (Wildman–Crippen LogP) is 8.88. The second-order valence-electron chi connectivity index (χ2n) is 12.9. The molecule has 9 rings (SSSR count). The standard InChI is InChI=1S/C46H33N3O/c1-29-13-17-33(18-14-29)44-37-22-21-36(47-37)43(31-9-5-3-6-10-31)35-27-42(50-28-35)46(32-11-7-4-8-12-32)41-26-25-40(49-41)45(39-24-23-38(44)48-39)34-19-15-30(2)16-20-34/h3-28,48H,1-2H3. The second kappa shape index (κ2) is 12.2. The van der Waals surface area contributed by atoms with Crippen LogP contribution in [0.1, 0.15) is 44.7 Å². The first-order chi connectivity index (χ1) is 24.6. The number of hydrogen-bond donors (Lipinski definition) is 1. The van der Waals surface area contributed by atoms with Crippen molar-refractivity contribution in [3.05, 3.63) is 225 Å². The Balaban J connectivity index is 1.41. The second-order valence-corrected chi connectivity index (χ2v) is 12.9. The van der Waals surface area contributed by atoms with Crippen LogP contribution in [0.5, 0.6) is 0 Å². The van der Waals surface area contributed by atoms with Gasteiger partial charge in [-0.1, -0.05) is 120 Å². The minimum absolute atomic E-state index is 0.745. The van der Waals surface area contributed by atoms with Gasteiger partial charge >= 0.3 is 0 Å². The van der Waals surface area contributed by atoms with Crippen LogP contribution in [0, 0.1) is 13.8 Å². The van der Waals surface area contributed by atoms with E-state index >= 15 is 0 Å². The van der Waals surface area contributed by atoms with Crippen LogP contribution in [0.25, 0.3) is 22.3 Å². The summed E-state index contributed by atoms with van der Waals surface area (Å²) < 4.78 is 6.48. The van der Waals surface area contributed by atoms with Crippen LogP contribution in [0.2, 0.25) is 0 Å². The summed E-state index contributed by atoms with van der Waals surface area (Å²) in [5.74, 6) is 0.745. The fourth-order valence-electron chi connectivity index (χ4n) is 6.98. The highest BCUT2D eigenvalue weighted by Crippen LogP contribution is 2.38. The van der Waals surface area contributed by atoms with Crippen molar-refractivity contribution in [3.63, 3.8) is 0 Å². The van der Waals surface area contributed by atoms with Crippen LogP contribution in [-0.4, -0.2) is 16.4 Å². The Morgan fingerprint density at radius 2 is 0.900 bits per heavy atom. The summed E-state index contributed by atoms with van der Waals surface area (Å²) in [5.41, 5.74) is 15.2. The molecule has 4 nitrogen and oxygen atoms in total. The average molecular weight is 644 g/mol. The zero-order chi connectivity index (χ0) is 33.6. The van der Waals surface area contributed by atoms with E-state index in [1.54, 1.807) is 0 Å². The molecular formula is C46H33N3O. The molecule has 0 unspecified atom stereocenters. The largest absolute Gasteiger partial charge is 0.464 e. The lowest BCUT2D eigenvalue weighted by Crippen LogP contribution is -2.21. The number of H-pyrrole nitrogens is 1. The number of nitrogens with one attached hydrogen (secondary N) is 1. The summed E-state index contributed by atoms with van der Waals surface area (Å²) in [4.78, 5) is 14.5. The van der Waals surface area contributed by atoms with E-state index in [2.05, 4.69) is 158 Å². The summed E-state index contributed by atoms with van der Waals surface area (Å²) >= 11 is 0. The molecule has 4 aromatic carbocycles. The van der Waals surface area contributed by atoms with Gasteiger partial charge in [0.15, 0.2) is 0 Å². The number of benzene rings is 4. The van der Waals surface area contributed by atoms with E-state index < -0.39 is 0 Å². The van der Waals surface area contributed by atoms with Crippen molar-refractivity contribution in [3.8, 4) is 0 Å². The van der Waals surface area contributed by atoms with Gasteiger partial charge in [0.2, 0.25) is 0 Å². The molecule has 0 saturated heterocycles. The highest BCUT2D eigenvalue weighted by Gasteiger charge is 2.24. The molecule has 2 aromatic heterocycles. The molecule has 0 spiro atoms. The lowest BCUT2D eigenvalue weighted by Gasteiger charge is -2.10. The minimum Gasteiger partial charge on any atom is -0.464 e. The molecule has 0 amide bonds. The lowest BCUT2D eigenvalue weighted by molar-refractivity contribution is 0.552. The first kappa shape index (κ1) is 29.6. The number of aryl methyl sites for hydroxylation is 2. The number of allylic oxidation sites excluding steroid dienone is 4. The van der Waals surface area contributed by atoms with Crippen molar-refractivity contribution in [1.82, 2.24) is 4.98 Å².